The van der Waals surface area contributed by atoms with Crippen molar-refractivity contribution in [1.82, 2.24) is 31.1 Å². The lowest BCUT2D eigenvalue weighted by molar-refractivity contribution is -0.160. The molecule has 64 heavy (non-hydrogen) atoms. The van der Waals surface area contributed by atoms with Gasteiger partial charge >= 0.3 is 17.9 Å². The number of rotatable bonds is 6. The van der Waals surface area contributed by atoms with Crippen molar-refractivity contribution in [3.63, 3.8) is 0 Å². The topological polar surface area (TPSA) is 305 Å². The Morgan fingerprint density at radius 2 is 0.828 bits per heavy atom. The van der Waals surface area contributed by atoms with Crippen molar-refractivity contribution >= 4 is 59.1 Å². The zero-order valence-corrected chi connectivity index (χ0v) is 37.5. The maximum atomic E-state index is 13.1. The van der Waals surface area contributed by atoms with Gasteiger partial charge in [-0.25, -0.2) is 29.6 Å². The van der Waals surface area contributed by atoms with E-state index in [4.69, 9.17) is 14.2 Å². The van der Waals surface area contributed by atoms with Gasteiger partial charge in [0, 0.05) is 83.8 Å². The van der Waals surface area contributed by atoms with Crippen LogP contribution >= 0.6 is 0 Å². The van der Waals surface area contributed by atoms with Crippen molar-refractivity contribution < 1.29 is 77.8 Å². The Hall–Kier alpha value is -6.00. The van der Waals surface area contributed by atoms with Crippen molar-refractivity contribution in [3.8, 4) is 0 Å². The summed E-state index contributed by atoms with van der Waals surface area (Å²) in [7, 11) is 0. The lowest BCUT2D eigenvalue weighted by Gasteiger charge is -2.20. The number of Topliss-reactive ketones (excluding diaryl/α,β-unsaturated/α-hetero) is 1. The number of ether oxygens (including phenoxy) is 3. The van der Waals surface area contributed by atoms with Gasteiger partial charge < -0.3 is 35.0 Å². The summed E-state index contributed by atoms with van der Waals surface area (Å²) in [6.07, 6.45) is 3.27. The van der Waals surface area contributed by atoms with Crippen molar-refractivity contribution in [1.29, 1.82) is 0 Å². The third-order valence-electron chi connectivity index (χ3n) is 9.33. The molecule has 22 heteroatoms. The Bertz CT molecular complexity index is 1750. The molecule has 1 aliphatic rings. The van der Waals surface area contributed by atoms with Crippen LogP contribution in [0.1, 0.15) is 112 Å². The average molecular weight is 909 g/mol. The minimum Gasteiger partial charge on any atom is -0.464 e. The molecule has 0 aromatic rings. The molecule has 1 heterocycles. The zero-order chi connectivity index (χ0) is 48.4. The molecule has 0 aromatic heterocycles. The highest BCUT2D eigenvalue weighted by atomic mass is 16.5. The number of carbonyl (C=O) groups excluding carboxylic acids is 10. The SMILES string of the molecule is CC(=O)CCC(=O)NC1CCCN(O)C(=O)/C=C(/C)CCOC(=O)C(NC(C)=O)CCCN(O)C(=O)/C=C(/C)CCOC(=O)C(NC(C)=O)CCCN(O)C(=O)/C=C(/C)CCOC1=O. The third-order valence-corrected chi connectivity index (χ3v) is 9.33. The van der Waals surface area contributed by atoms with Gasteiger partial charge in [0.05, 0.1) is 19.8 Å². The fourth-order valence-corrected chi connectivity index (χ4v) is 5.77. The number of ketones is 1. The maximum Gasteiger partial charge on any atom is 0.328 e. The van der Waals surface area contributed by atoms with Gasteiger partial charge in [0.1, 0.15) is 23.9 Å². The first-order chi connectivity index (χ1) is 30.1. The van der Waals surface area contributed by atoms with Crippen LogP contribution in [0.25, 0.3) is 0 Å². The van der Waals surface area contributed by atoms with Crippen LogP contribution < -0.4 is 16.0 Å². The summed E-state index contributed by atoms with van der Waals surface area (Å²) < 4.78 is 15.9. The number of amides is 6. The zero-order valence-electron chi connectivity index (χ0n) is 37.5. The predicted octanol–water partition coefficient (Wildman–Crippen LogP) is 1.50. The summed E-state index contributed by atoms with van der Waals surface area (Å²) in [5.74, 6) is -6.82. The smallest absolute Gasteiger partial charge is 0.328 e. The van der Waals surface area contributed by atoms with E-state index < -0.39 is 71.5 Å². The first-order valence-corrected chi connectivity index (χ1v) is 20.9. The fourth-order valence-electron chi connectivity index (χ4n) is 5.77. The molecule has 0 radical (unpaired) electrons. The molecule has 0 fully saturated rings. The minimum atomic E-state index is -1.23. The number of nitrogens with one attached hydrogen (secondary N) is 3. The molecule has 1 rings (SSSR count). The van der Waals surface area contributed by atoms with Crippen LogP contribution in [0.15, 0.2) is 34.9 Å². The molecule has 22 nitrogen and oxygen atoms in total. The predicted molar refractivity (Wildman–Crippen MR) is 223 cm³/mol. The van der Waals surface area contributed by atoms with Crippen LogP contribution in [0.5, 0.6) is 0 Å². The summed E-state index contributed by atoms with van der Waals surface area (Å²) >= 11 is 0. The van der Waals surface area contributed by atoms with Crippen LogP contribution in [0.4, 0.5) is 0 Å². The number of esters is 3. The Morgan fingerprint density at radius 3 is 1.11 bits per heavy atom. The molecule has 0 aromatic carbocycles. The van der Waals surface area contributed by atoms with Gasteiger partial charge in [0.2, 0.25) is 17.7 Å². The normalized spacial score (nSPS) is 24.0. The van der Waals surface area contributed by atoms with Gasteiger partial charge in [-0.15, -0.1) is 0 Å². The van der Waals surface area contributed by atoms with E-state index in [0.29, 0.717) is 31.9 Å². The molecule has 6 N–H and O–H groups in total. The number of hydroxylamine groups is 6. The van der Waals surface area contributed by atoms with E-state index >= 15 is 0 Å². The van der Waals surface area contributed by atoms with Crippen molar-refractivity contribution in [3.05, 3.63) is 34.9 Å². The van der Waals surface area contributed by atoms with Gasteiger partial charge in [-0.3, -0.25) is 44.4 Å². The lowest BCUT2D eigenvalue weighted by Crippen LogP contribution is -2.42. The van der Waals surface area contributed by atoms with E-state index in [1.54, 1.807) is 20.8 Å². The van der Waals surface area contributed by atoms with Crippen LogP contribution in [-0.4, -0.2) is 148 Å². The standard InChI is InChI=1S/C42H64N6O16/c1-27-15-21-62-40(56)34(44-32(6)51)11-8-19-47(60)38(54)26-29(3)17-23-64-42(58)35(45-36(52)14-13-30(4)49)12-9-20-48(61)39(55)25-28(2)16-22-63-41(57)33(43-31(5)50)10-7-18-46(59)37(53)24-27/h24-26,33-35,59-61H,7-23H2,1-6H3,(H,43,50)(H,44,51)(H,45,52)/b27-24-,28-25-,29-26-. The third kappa shape index (κ3) is 24.6. The molecule has 6 amide bonds. The Morgan fingerprint density at radius 1 is 0.531 bits per heavy atom. The second-order valence-corrected chi connectivity index (χ2v) is 15.4. The van der Waals surface area contributed by atoms with Gasteiger partial charge in [-0.2, -0.15) is 0 Å². The summed E-state index contributed by atoms with van der Waals surface area (Å²) in [6, 6.07) is -3.48. The van der Waals surface area contributed by atoms with Crippen LogP contribution in [0.3, 0.4) is 0 Å². The molecule has 3 atom stereocenters. The number of hydrogen-bond acceptors (Lipinski definition) is 16. The second kappa shape index (κ2) is 30.1. The summed E-state index contributed by atoms with van der Waals surface area (Å²) in [6.45, 7) is 6.99. The van der Waals surface area contributed by atoms with Gasteiger partial charge in [0.15, 0.2) is 0 Å². The molecule has 358 valence electrons. The molecular formula is C42H64N6O16. The lowest BCUT2D eigenvalue weighted by atomic mass is 10.1. The van der Waals surface area contributed by atoms with E-state index in [0.717, 1.165) is 18.2 Å². The summed E-state index contributed by atoms with van der Waals surface area (Å²) in [5, 5.41) is 39.7. The van der Waals surface area contributed by atoms with E-state index in [2.05, 4.69) is 16.0 Å². The summed E-state index contributed by atoms with van der Waals surface area (Å²) in [5.41, 5.74) is 1.25. The van der Waals surface area contributed by atoms with Gasteiger partial charge in [0.25, 0.3) is 17.7 Å². The highest BCUT2D eigenvalue weighted by Gasteiger charge is 2.25. The van der Waals surface area contributed by atoms with Gasteiger partial charge in [-0.1, -0.05) is 16.7 Å². The quantitative estimate of drug-likeness (QED) is 0.125. The van der Waals surface area contributed by atoms with Crippen molar-refractivity contribution in [2.75, 3.05) is 39.5 Å². The average Bonchev–Trinajstić information content (AvgIpc) is 3.20. The number of nitrogens with zero attached hydrogens (tertiary/aromatic N) is 3. The highest BCUT2D eigenvalue weighted by molar-refractivity contribution is 5.89. The van der Waals surface area contributed by atoms with E-state index in [1.807, 2.05) is 0 Å². The Labute approximate surface area is 372 Å². The first-order valence-electron chi connectivity index (χ1n) is 20.9. The van der Waals surface area contributed by atoms with Gasteiger partial charge in [-0.05, 0) is 66.2 Å². The highest BCUT2D eigenvalue weighted by Crippen LogP contribution is 2.11. The molecule has 0 saturated carbocycles. The second-order valence-electron chi connectivity index (χ2n) is 15.4. The summed E-state index contributed by atoms with van der Waals surface area (Å²) in [4.78, 5) is 124. The Balaban J connectivity index is 3.23. The number of cyclic esters (lactones) is 3. The first kappa shape index (κ1) is 56.0. The van der Waals surface area contributed by atoms with Crippen molar-refractivity contribution in [2.24, 2.45) is 0 Å². The molecule has 0 saturated heterocycles. The fraction of sp³-hybridized carbons (Fsp3) is 0.619. The molecule has 0 spiro atoms. The van der Waals surface area contributed by atoms with Crippen molar-refractivity contribution in [2.45, 2.75) is 130 Å². The molecular weight excluding hydrogens is 844 g/mol. The van der Waals surface area contributed by atoms with E-state index in [9.17, 15) is 63.6 Å². The minimum absolute atomic E-state index is 0.00902. The Kier molecular flexibility index (Phi) is 26.4. The van der Waals surface area contributed by atoms with Crippen LogP contribution in [-0.2, 0) is 62.2 Å². The van der Waals surface area contributed by atoms with E-state index in [1.165, 1.54) is 20.8 Å². The molecule has 1 aliphatic heterocycles. The number of carbonyl (C=O) groups is 10. The molecule has 0 bridgehead atoms. The van der Waals surface area contributed by atoms with Crippen LogP contribution in [0.2, 0.25) is 0 Å². The molecule has 3 unspecified atom stereocenters. The maximum absolute atomic E-state index is 13.1. The number of hydrogen-bond donors (Lipinski definition) is 6. The molecule has 0 aliphatic carbocycles. The van der Waals surface area contributed by atoms with E-state index in [-0.39, 0.29) is 116 Å². The van der Waals surface area contributed by atoms with Crippen LogP contribution in [0, 0.1) is 0 Å². The largest absolute Gasteiger partial charge is 0.464 e. The monoisotopic (exact) mass is 908 g/mol.